The van der Waals surface area contributed by atoms with Crippen LogP contribution in [0.5, 0.6) is 0 Å². The van der Waals surface area contributed by atoms with Crippen molar-refractivity contribution in [3.63, 3.8) is 0 Å². The summed E-state index contributed by atoms with van der Waals surface area (Å²) in [6.07, 6.45) is 3.59. The molecular formula is C11H19N3O3S2. The third-order valence-electron chi connectivity index (χ3n) is 3.47. The molecule has 1 heterocycles. The summed E-state index contributed by atoms with van der Waals surface area (Å²) in [6.45, 7) is 0.477. The van der Waals surface area contributed by atoms with Crippen LogP contribution in [0, 0.1) is 17.2 Å². The molecule has 0 aromatic heterocycles. The van der Waals surface area contributed by atoms with Crippen molar-refractivity contribution < 1.29 is 13.8 Å². The Morgan fingerprint density at radius 2 is 2.26 bits per heavy atom. The van der Waals surface area contributed by atoms with Gasteiger partial charge >= 0.3 is 0 Å². The number of nitrogens with zero attached hydrogens (tertiary/aromatic N) is 1. The molecule has 1 fully saturated rings. The Kier molecular flexibility index (Phi) is 5.96. The highest BCUT2D eigenvalue weighted by atomic mass is 32.2. The lowest BCUT2D eigenvalue weighted by Crippen LogP contribution is -2.33. The molecule has 3 unspecified atom stereocenters. The van der Waals surface area contributed by atoms with E-state index in [2.05, 4.69) is 4.99 Å². The van der Waals surface area contributed by atoms with Crippen molar-refractivity contribution in [2.75, 3.05) is 12.4 Å². The van der Waals surface area contributed by atoms with E-state index in [0.29, 0.717) is 29.3 Å². The third kappa shape index (κ3) is 4.09. The largest absolute Gasteiger partial charge is 0.387 e. The van der Waals surface area contributed by atoms with Gasteiger partial charge in [-0.1, -0.05) is 0 Å². The Balaban J connectivity index is 1.64. The lowest BCUT2D eigenvalue weighted by molar-refractivity contribution is -0.190. The van der Waals surface area contributed by atoms with Crippen LogP contribution in [0.15, 0.2) is 4.99 Å². The fraction of sp³-hybridized carbons (Fsp3) is 0.818. The first kappa shape index (κ1) is 15.1. The van der Waals surface area contributed by atoms with Gasteiger partial charge < -0.3 is 10.3 Å². The molecule has 6 nitrogen and oxygen atoms in total. The second-order valence-corrected chi connectivity index (χ2v) is 6.40. The number of hydrogen-bond acceptors (Lipinski definition) is 7. The molecule has 0 aromatic carbocycles. The zero-order valence-corrected chi connectivity index (χ0v) is 12.2. The van der Waals surface area contributed by atoms with Gasteiger partial charge in [0, 0.05) is 34.9 Å². The smallest absolute Gasteiger partial charge is 0.126 e. The van der Waals surface area contributed by atoms with Gasteiger partial charge in [0.25, 0.3) is 0 Å². The molecular weight excluding hydrogens is 286 g/mol. The van der Waals surface area contributed by atoms with E-state index in [0.717, 1.165) is 37.7 Å². The Morgan fingerprint density at radius 1 is 1.42 bits per heavy atom. The van der Waals surface area contributed by atoms with E-state index >= 15 is 0 Å². The third-order valence-corrected chi connectivity index (χ3v) is 4.82. The second kappa shape index (κ2) is 7.49. The molecule has 0 spiro atoms. The van der Waals surface area contributed by atoms with Gasteiger partial charge in [-0.25, -0.2) is 9.88 Å². The predicted molar refractivity (Wildman–Crippen MR) is 78.3 cm³/mol. The lowest BCUT2D eigenvalue weighted by Gasteiger charge is -2.29. The first-order valence-corrected chi connectivity index (χ1v) is 8.11. The van der Waals surface area contributed by atoms with Crippen LogP contribution in [0.2, 0.25) is 0 Å². The van der Waals surface area contributed by atoms with Gasteiger partial charge in [-0.05, 0) is 37.7 Å². The van der Waals surface area contributed by atoms with Crippen molar-refractivity contribution in [3.8, 4) is 0 Å². The van der Waals surface area contributed by atoms with Gasteiger partial charge in [0.1, 0.15) is 11.7 Å². The summed E-state index contributed by atoms with van der Waals surface area (Å²) in [6, 6.07) is 0. The van der Waals surface area contributed by atoms with Crippen molar-refractivity contribution in [2.45, 2.75) is 30.9 Å². The van der Waals surface area contributed by atoms with Crippen LogP contribution < -0.4 is 5.73 Å². The van der Waals surface area contributed by atoms with Gasteiger partial charge in [-0.2, -0.15) is 4.33 Å². The maximum Gasteiger partial charge on any atom is 0.126 e. The van der Waals surface area contributed by atoms with Crippen LogP contribution in [0.4, 0.5) is 0 Å². The lowest BCUT2D eigenvalue weighted by atomic mass is 9.79. The Bertz CT molecular complexity index is 354. The molecule has 3 atom stereocenters. The molecule has 1 saturated carbocycles. The average Bonchev–Trinajstić information content (AvgIpc) is 2.69. The number of hydrogen-bond donors (Lipinski definition) is 3. The first-order chi connectivity index (χ1) is 9.22. The fourth-order valence-corrected chi connectivity index (χ4v) is 3.48. The highest BCUT2D eigenvalue weighted by molar-refractivity contribution is 7.95. The molecule has 1 aliphatic carbocycles. The van der Waals surface area contributed by atoms with Crippen LogP contribution in [-0.4, -0.2) is 33.8 Å². The fourth-order valence-electron chi connectivity index (χ4n) is 2.48. The number of nitrogens with two attached hydrogens (primary N) is 1. The summed E-state index contributed by atoms with van der Waals surface area (Å²) in [5.74, 6) is 2.09. The van der Waals surface area contributed by atoms with Crippen LogP contribution in [0.3, 0.4) is 0 Å². The van der Waals surface area contributed by atoms with Crippen LogP contribution >= 0.6 is 24.1 Å². The van der Waals surface area contributed by atoms with E-state index in [1.165, 1.54) is 12.0 Å². The number of amidine groups is 2. The standard InChI is InChI=1S/C11H19N3O3S2/c12-10-8-3-2-7(6-9(8)11(13)14-10)19-17-16-4-1-5-18-15/h7-9,15H,1-6H2,(H3,12,13,14). The molecule has 4 N–H and O–H groups in total. The molecule has 2 aliphatic rings. The Morgan fingerprint density at radius 3 is 3.05 bits per heavy atom. The predicted octanol–water partition coefficient (Wildman–Crippen LogP) is 2.31. The first-order valence-electron chi connectivity index (χ1n) is 6.36. The van der Waals surface area contributed by atoms with Crippen LogP contribution in [-0.2, 0) is 9.22 Å². The van der Waals surface area contributed by atoms with E-state index in [1.807, 2.05) is 0 Å². The molecule has 8 heteroatoms. The van der Waals surface area contributed by atoms with E-state index in [1.54, 1.807) is 0 Å². The topological polar surface area (TPSA) is 101 Å². The zero-order valence-electron chi connectivity index (χ0n) is 10.6. The van der Waals surface area contributed by atoms with Gasteiger partial charge in [0.15, 0.2) is 0 Å². The summed E-state index contributed by atoms with van der Waals surface area (Å²) in [7, 11) is 0. The molecule has 0 amide bonds. The minimum absolute atomic E-state index is 0.153. The summed E-state index contributed by atoms with van der Waals surface area (Å²) in [5.41, 5.74) is 5.82. The van der Waals surface area contributed by atoms with Crippen LogP contribution in [0.25, 0.3) is 0 Å². The number of nitrogens with one attached hydrogen (secondary N) is 1. The molecule has 108 valence electrons. The minimum Gasteiger partial charge on any atom is -0.387 e. The second-order valence-electron chi connectivity index (χ2n) is 4.74. The minimum atomic E-state index is 0.153. The highest BCUT2D eigenvalue weighted by Gasteiger charge is 2.40. The monoisotopic (exact) mass is 305 g/mol. The molecule has 0 aromatic rings. The van der Waals surface area contributed by atoms with Gasteiger partial charge in [0.05, 0.1) is 6.61 Å². The quantitative estimate of drug-likeness (QED) is 0.289. The number of aliphatic imine (C=N–C) groups is 1. The van der Waals surface area contributed by atoms with Crippen LogP contribution in [0.1, 0.15) is 25.7 Å². The maximum atomic E-state index is 8.53. The molecule has 0 saturated heterocycles. The summed E-state index contributed by atoms with van der Waals surface area (Å²) in [4.78, 5) is 9.10. The highest BCUT2D eigenvalue weighted by Crippen LogP contribution is 2.40. The van der Waals surface area contributed by atoms with E-state index in [4.69, 9.17) is 24.9 Å². The molecule has 0 bridgehead atoms. The Labute approximate surface area is 121 Å². The molecule has 0 radical (unpaired) electrons. The van der Waals surface area contributed by atoms with Crippen molar-refractivity contribution in [1.82, 2.24) is 0 Å². The molecule has 2 rings (SSSR count). The van der Waals surface area contributed by atoms with Crippen molar-refractivity contribution in [2.24, 2.45) is 22.6 Å². The van der Waals surface area contributed by atoms with E-state index < -0.39 is 0 Å². The number of fused-ring (bicyclic) bond motifs is 1. The summed E-state index contributed by atoms with van der Waals surface area (Å²) in [5, 5.41) is 8.14. The van der Waals surface area contributed by atoms with E-state index in [-0.39, 0.29) is 11.8 Å². The van der Waals surface area contributed by atoms with Crippen molar-refractivity contribution >= 4 is 35.8 Å². The van der Waals surface area contributed by atoms with E-state index in [9.17, 15) is 0 Å². The van der Waals surface area contributed by atoms with Crippen molar-refractivity contribution in [1.29, 1.82) is 5.41 Å². The number of rotatable bonds is 7. The van der Waals surface area contributed by atoms with Gasteiger partial charge in [-0.3, -0.25) is 5.41 Å². The maximum absolute atomic E-state index is 8.53. The molecule has 1 aliphatic heterocycles. The average molecular weight is 305 g/mol. The summed E-state index contributed by atoms with van der Waals surface area (Å²) >= 11 is 2.14. The SMILES string of the molecule is N=C1N=C(N)C2CCC(SOOCCCSO)CC12. The molecule has 19 heavy (non-hydrogen) atoms. The normalized spacial score (nSPS) is 30.3. The van der Waals surface area contributed by atoms with Gasteiger partial charge in [0.2, 0.25) is 0 Å². The van der Waals surface area contributed by atoms with Gasteiger partial charge in [-0.15, -0.1) is 0 Å². The van der Waals surface area contributed by atoms with Crippen molar-refractivity contribution in [3.05, 3.63) is 0 Å². The summed E-state index contributed by atoms with van der Waals surface area (Å²) < 4.78 is 13.7. The Hall–Kier alpha value is -0.280. The zero-order chi connectivity index (χ0) is 13.7.